The smallest absolute Gasteiger partial charge is 0.352 e. The Bertz CT molecular complexity index is 1030. The first kappa shape index (κ1) is 21.1. The van der Waals surface area contributed by atoms with Crippen molar-refractivity contribution in [3.63, 3.8) is 0 Å². The number of carbonyl (C=O) groups excluding carboxylic acids is 1. The number of fused-ring (bicyclic) bond motifs is 1. The van der Waals surface area contributed by atoms with Crippen LogP contribution >= 0.6 is 11.5 Å². The van der Waals surface area contributed by atoms with E-state index in [1.165, 1.54) is 10.0 Å². The van der Waals surface area contributed by atoms with Gasteiger partial charge in [-0.05, 0) is 43.2 Å². The third-order valence-electron chi connectivity index (χ3n) is 4.58. The lowest BCUT2D eigenvalue weighted by Crippen LogP contribution is -2.24. The quantitative estimate of drug-likeness (QED) is 0.515. The van der Waals surface area contributed by atoms with E-state index in [1.807, 2.05) is 18.2 Å². The van der Waals surface area contributed by atoms with Gasteiger partial charge in [0.2, 0.25) is 0 Å². The highest BCUT2D eigenvalue weighted by atomic mass is 32.1. The van der Waals surface area contributed by atoms with Crippen LogP contribution in [0.15, 0.2) is 53.3 Å². The summed E-state index contributed by atoms with van der Waals surface area (Å²) in [5.41, 5.74) is -0.352. The second kappa shape index (κ2) is 9.26. The molecule has 2 aromatic carbocycles. The molecule has 3 aromatic rings. The summed E-state index contributed by atoms with van der Waals surface area (Å²) in [5.74, 6) is -0.0966. The molecule has 0 aliphatic heterocycles. The van der Waals surface area contributed by atoms with Crippen molar-refractivity contribution in [3.8, 4) is 0 Å². The molecule has 0 saturated carbocycles. The summed E-state index contributed by atoms with van der Waals surface area (Å²) in [5, 5.41) is 3.19. The van der Waals surface area contributed by atoms with Gasteiger partial charge in [0.1, 0.15) is 0 Å². The van der Waals surface area contributed by atoms with Gasteiger partial charge in [0, 0.05) is 18.7 Å². The molecule has 4 nitrogen and oxygen atoms in total. The van der Waals surface area contributed by atoms with Gasteiger partial charge in [-0.3, -0.25) is 13.5 Å². The van der Waals surface area contributed by atoms with Gasteiger partial charge in [-0.1, -0.05) is 42.6 Å². The molecule has 3 rings (SSSR count). The topological polar surface area (TPSA) is 51.1 Å². The Morgan fingerprint density at radius 2 is 1.72 bits per heavy atom. The highest BCUT2D eigenvalue weighted by Gasteiger charge is 2.30. The third kappa shape index (κ3) is 5.47. The van der Waals surface area contributed by atoms with Crippen LogP contribution in [0, 0.1) is 0 Å². The molecule has 0 aliphatic rings. The maximum atomic E-state index is 12.8. The minimum absolute atomic E-state index is 0.0966. The first-order valence-electron chi connectivity index (χ1n) is 9.40. The summed E-state index contributed by atoms with van der Waals surface area (Å²) < 4.78 is 40.3. The van der Waals surface area contributed by atoms with Crippen molar-refractivity contribution >= 4 is 27.5 Å². The van der Waals surface area contributed by atoms with Gasteiger partial charge in [-0.25, -0.2) is 0 Å². The highest BCUT2D eigenvalue weighted by Crippen LogP contribution is 2.32. The van der Waals surface area contributed by atoms with Crippen molar-refractivity contribution in [2.24, 2.45) is 0 Å². The lowest BCUT2D eigenvalue weighted by molar-refractivity contribution is -0.137. The molecule has 0 radical (unpaired) electrons. The summed E-state index contributed by atoms with van der Waals surface area (Å²) in [6.07, 6.45) is -1.06. The largest absolute Gasteiger partial charge is 0.416 e. The fourth-order valence-corrected chi connectivity index (χ4v) is 4.09. The Kier molecular flexibility index (Phi) is 6.74. The van der Waals surface area contributed by atoms with Gasteiger partial charge in [0.15, 0.2) is 0 Å². The number of carbonyl (C=O) groups is 1. The maximum Gasteiger partial charge on any atom is 0.416 e. The van der Waals surface area contributed by atoms with Gasteiger partial charge in [0.25, 0.3) is 11.5 Å². The van der Waals surface area contributed by atoms with E-state index in [-0.39, 0.29) is 11.5 Å². The van der Waals surface area contributed by atoms with E-state index in [2.05, 4.69) is 5.32 Å². The fourth-order valence-electron chi connectivity index (χ4n) is 3.02. The number of rotatable bonds is 8. The third-order valence-corrected chi connectivity index (χ3v) is 5.69. The molecule has 0 atom stereocenters. The number of nitrogens with zero attached hydrogens (tertiary/aromatic N) is 1. The number of benzene rings is 2. The molecule has 8 heteroatoms. The van der Waals surface area contributed by atoms with Crippen LogP contribution < -0.4 is 10.9 Å². The highest BCUT2D eigenvalue weighted by molar-refractivity contribution is 7.13. The van der Waals surface area contributed by atoms with E-state index in [9.17, 15) is 22.8 Å². The molecule has 1 amide bonds. The lowest BCUT2D eigenvalue weighted by Gasteiger charge is -2.05. The number of aromatic nitrogens is 1. The van der Waals surface area contributed by atoms with Crippen molar-refractivity contribution in [2.45, 2.75) is 38.4 Å². The van der Waals surface area contributed by atoms with Crippen LogP contribution in [-0.4, -0.2) is 16.4 Å². The van der Waals surface area contributed by atoms with Crippen LogP contribution in [0.3, 0.4) is 0 Å². The average Bonchev–Trinajstić information content (AvgIpc) is 3.02. The molecule has 0 spiro atoms. The van der Waals surface area contributed by atoms with Gasteiger partial charge in [0.05, 0.1) is 15.6 Å². The Hall–Kier alpha value is -2.61. The zero-order valence-electron chi connectivity index (χ0n) is 15.7. The van der Waals surface area contributed by atoms with Crippen LogP contribution in [0.5, 0.6) is 0 Å². The first-order valence-corrected chi connectivity index (χ1v) is 10.2. The normalized spacial score (nSPS) is 11.7. The minimum atomic E-state index is -4.41. The van der Waals surface area contributed by atoms with Crippen molar-refractivity contribution in [3.05, 3.63) is 70.0 Å². The summed E-state index contributed by atoms with van der Waals surface area (Å²) >= 11 is 1.07. The number of halogens is 3. The second-order valence-electron chi connectivity index (χ2n) is 6.74. The van der Waals surface area contributed by atoms with E-state index in [4.69, 9.17) is 0 Å². The molecule has 1 aromatic heterocycles. The fraction of sp³-hybridized carbons (Fsp3) is 0.333. The number of aryl methyl sites for hydroxylation is 1. The Morgan fingerprint density at radius 1 is 1.00 bits per heavy atom. The number of unbranched alkanes of at least 4 members (excludes halogenated alkanes) is 3. The summed E-state index contributed by atoms with van der Waals surface area (Å²) in [7, 11) is 0. The Labute approximate surface area is 170 Å². The number of amides is 1. The van der Waals surface area contributed by atoms with Gasteiger partial charge in [-0.15, -0.1) is 0 Å². The number of hydrogen-bond donors (Lipinski definition) is 1. The summed E-state index contributed by atoms with van der Waals surface area (Å²) in [4.78, 5) is 24.2. The lowest BCUT2D eigenvalue weighted by atomic mass is 10.1. The van der Waals surface area contributed by atoms with Crippen LogP contribution in [0.2, 0.25) is 0 Å². The molecular weight excluding hydrogens is 401 g/mol. The van der Waals surface area contributed by atoms with E-state index in [1.54, 1.807) is 12.1 Å². The molecular formula is C21H21F3N2O2S. The predicted octanol–water partition coefficient (Wildman–Crippen LogP) is 5.07. The molecule has 154 valence electrons. The molecule has 29 heavy (non-hydrogen) atoms. The minimum Gasteiger partial charge on any atom is -0.352 e. The van der Waals surface area contributed by atoms with E-state index in [0.717, 1.165) is 49.3 Å². The van der Waals surface area contributed by atoms with Crippen LogP contribution in [-0.2, 0) is 12.7 Å². The van der Waals surface area contributed by atoms with Crippen LogP contribution in [0.25, 0.3) is 10.1 Å². The molecule has 1 heterocycles. The van der Waals surface area contributed by atoms with Gasteiger partial charge < -0.3 is 5.32 Å². The second-order valence-corrected chi connectivity index (χ2v) is 7.81. The number of hydrogen-bond acceptors (Lipinski definition) is 3. The zero-order valence-corrected chi connectivity index (χ0v) is 16.5. The SMILES string of the molecule is O=C(NCCCCCCn1sc2cc(C(F)(F)F)ccc2c1=O)c1ccccc1. The predicted molar refractivity (Wildman–Crippen MR) is 108 cm³/mol. The van der Waals surface area contributed by atoms with Gasteiger partial charge >= 0.3 is 6.18 Å². The van der Waals surface area contributed by atoms with Crippen molar-refractivity contribution in [2.75, 3.05) is 6.54 Å². The Morgan fingerprint density at radius 3 is 2.45 bits per heavy atom. The molecule has 1 N–H and O–H groups in total. The van der Waals surface area contributed by atoms with E-state index < -0.39 is 11.7 Å². The van der Waals surface area contributed by atoms with E-state index >= 15 is 0 Å². The van der Waals surface area contributed by atoms with Gasteiger partial charge in [-0.2, -0.15) is 13.2 Å². The maximum absolute atomic E-state index is 12.8. The molecule has 0 unspecified atom stereocenters. The molecule has 0 saturated heterocycles. The Balaban J connectivity index is 1.42. The average molecular weight is 422 g/mol. The zero-order chi connectivity index (χ0) is 20.9. The van der Waals surface area contributed by atoms with Crippen LogP contribution in [0.4, 0.5) is 13.2 Å². The standard InChI is InChI=1S/C21H21F3N2O2S/c22-21(23,24)16-10-11-17-18(14-16)29-26(20(17)28)13-7-2-1-6-12-25-19(27)15-8-4-3-5-9-15/h3-5,8-11,14H,1-2,6-7,12-13H2,(H,25,27). The van der Waals surface area contributed by atoms with Crippen molar-refractivity contribution in [1.29, 1.82) is 0 Å². The number of alkyl halides is 3. The molecule has 0 bridgehead atoms. The number of nitrogens with one attached hydrogen (secondary N) is 1. The van der Waals surface area contributed by atoms with E-state index in [0.29, 0.717) is 28.7 Å². The first-order chi connectivity index (χ1) is 13.9. The van der Waals surface area contributed by atoms with Crippen molar-refractivity contribution in [1.82, 2.24) is 9.27 Å². The monoisotopic (exact) mass is 422 g/mol. The summed E-state index contributed by atoms with van der Waals surface area (Å²) in [6.45, 7) is 1.06. The molecule has 0 fully saturated rings. The molecule has 0 aliphatic carbocycles. The van der Waals surface area contributed by atoms with Crippen LogP contribution in [0.1, 0.15) is 41.6 Å². The van der Waals surface area contributed by atoms with Crippen molar-refractivity contribution < 1.29 is 18.0 Å². The summed E-state index contributed by atoms with van der Waals surface area (Å²) in [6, 6.07) is 12.2.